The number of aromatic nitrogens is 2. The van der Waals surface area contributed by atoms with Crippen molar-refractivity contribution in [3.8, 4) is 0 Å². The number of fused-ring (bicyclic) bond motifs is 1. The van der Waals surface area contributed by atoms with Gasteiger partial charge in [0.05, 0.1) is 6.20 Å². The van der Waals surface area contributed by atoms with Crippen molar-refractivity contribution in [1.82, 2.24) is 9.55 Å². The Labute approximate surface area is 114 Å². The van der Waals surface area contributed by atoms with Gasteiger partial charge in [0.2, 0.25) is 0 Å². The lowest BCUT2D eigenvalue weighted by Gasteiger charge is -2.10. The molecular formula is C14H13N3O3. The van der Waals surface area contributed by atoms with Gasteiger partial charge in [-0.2, -0.15) is 0 Å². The van der Waals surface area contributed by atoms with Crippen LogP contribution in [0.25, 0.3) is 0 Å². The summed E-state index contributed by atoms with van der Waals surface area (Å²) in [6.45, 7) is 0.428. The quantitative estimate of drug-likeness (QED) is 0.869. The highest BCUT2D eigenvalue weighted by Gasteiger charge is 2.26. The maximum absolute atomic E-state index is 11.7. The second-order valence-electron chi connectivity index (χ2n) is 4.75. The lowest BCUT2D eigenvalue weighted by Crippen LogP contribution is -2.24. The first kappa shape index (κ1) is 12.4. The molecule has 1 aliphatic heterocycles. The molecular weight excluding hydrogens is 258 g/mol. The normalized spacial score (nSPS) is 16.5. The lowest BCUT2D eigenvalue weighted by molar-refractivity contribution is 0.0697. The molecule has 6 nitrogen and oxygen atoms in total. The molecule has 0 bridgehead atoms. The molecule has 1 atom stereocenters. The molecule has 0 spiro atoms. The third-order valence-corrected chi connectivity index (χ3v) is 3.36. The van der Waals surface area contributed by atoms with Gasteiger partial charge in [-0.3, -0.25) is 4.57 Å². The maximum Gasteiger partial charge on any atom is 0.349 e. The molecule has 2 aromatic rings. The molecule has 2 N–H and O–H groups in total. The van der Waals surface area contributed by atoms with Crippen LogP contribution >= 0.6 is 0 Å². The molecule has 0 aliphatic carbocycles. The van der Waals surface area contributed by atoms with Crippen molar-refractivity contribution in [2.75, 3.05) is 5.32 Å². The van der Waals surface area contributed by atoms with Crippen LogP contribution in [-0.4, -0.2) is 26.7 Å². The molecule has 1 aliphatic rings. The van der Waals surface area contributed by atoms with Gasteiger partial charge in [-0.15, -0.1) is 0 Å². The zero-order chi connectivity index (χ0) is 14.1. The number of carbonyl (C=O) groups is 1. The molecule has 0 saturated carbocycles. The number of hydrogen-bond acceptors (Lipinski definition) is 4. The summed E-state index contributed by atoms with van der Waals surface area (Å²) in [5.74, 6) is -0.743. The summed E-state index contributed by atoms with van der Waals surface area (Å²) in [5.41, 5.74) is 0.740. The van der Waals surface area contributed by atoms with Crippen molar-refractivity contribution in [2.24, 2.45) is 0 Å². The monoisotopic (exact) mass is 271 g/mol. The second kappa shape index (κ2) is 4.80. The SMILES string of the molecule is O=C(O)c1cnc(=O)n2c1NC(Cc1ccccc1)C2. The molecule has 1 aromatic heterocycles. The van der Waals surface area contributed by atoms with Gasteiger partial charge < -0.3 is 10.4 Å². The van der Waals surface area contributed by atoms with Crippen LogP contribution in [0.5, 0.6) is 0 Å². The Kier molecular flexibility index (Phi) is 2.98. The van der Waals surface area contributed by atoms with Gasteiger partial charge in [-0.05, 0) is 12.0 Å². The number of carboxylic acids is 1. The average Bonchev–Trinajstić information content (AvgIpc) is 2.84. The number of nitrogens with zero attached hydrogens (tertiary/aromatic N) is 2. The van der Waals surface area contributed by atoms with Gasteiger partial charge in [-0.25, -0.2) is 14.6 Å². The predicted octanol–water partition coefficient (Wildman–Crippen LogP) is 0.978. The summed E-state index contributed by atoms with van der Waals surface area (Å²) in [6.07, 6.45) is 1.83. The molecule has 102 valence electrons. The van der Waals surface area contributed by atoms with Gasteiger partial charge in [0.15, 0.2) is 0 Å². The van der Waals surface area contributed by atoms with Crippen molar-refractivity contribution in [1.29, 1.82) is 0 Å². The van der Waals surface area contributed by atoms with E-state index in [1.165, 1.54) is 4.57 Å². The summed E-state index contributed by atoms with van der Waals surface area (Å²) in [6, 6.07) is 9.85. The highest BCUT2D eigenvalue weighted by Crippen LogP contribution is 2.22. The van der Waals surface area contributed by atoms with Crippen LogP contribution in [-0.2, 0) is 13.0 Å². The Morgan fingerprint density at radius 3 is 2.85 bits per heavy atom. The smallest absolute Gasteiger partial charge is 0.349 e. The number of carboxylic acid groups (broad SMARTS) is 1. The van der Waals surface area contributed by atoms with Gasteiger partial charge in [-0.1, -0.05) is 30.3 Å². The van der Waals surface area contributed by atoms with Gasteiger partial charge >= 0.3 is 11.7 Å². The molecule has 0 amide bonds. The zero-order valence-corrected chi connectivity index (χ0v) is 10.6. The Morgan fingerprint density at radius 2 is 2.15 bits per heavy atom. The summed E-state index contributed by atoms with van der Waals surface area (Å²) < 4.78 is 1.39. The van der Waals surface area contributed by atoms with Crippen LogP contribution in [0, 0.1) is 0 Å². The number of anilines is 1. The molecule has 0 radical (unpaired) electrons. The minimum absolute atomic E-state index is 0.00704. The zero-order valence-electron chi connectivity index (χ0n) is 10.6. The molecule has 2 heterocycles. The van der Waals surface area contributed by atoms with Crippen LogP contribution in [0.1, 0.15) is 15.9 Å². The van der Waals surface area contributed by atoms with E-state index >= 15 is 0 Å². The Balaban J connectivity index is 1.88. The predicted molar refractivity (Wildman–Crippen MR) is 73.0 cm³/mol. The molecule has 6 heteroatoms. The average molecular weight is 271 g/mol. The molecule has 20 heavy (non-hydrogen) atoms. The van der Waals surface area contributed by atoms with E-state index in [1.807, 2.05) is 30.3 Å². The van der Waals surface area contributed by atoms with Crippen molar-refractivity contribution >= 4 is 11.8 Å². The standard InChI is InChI=1S/C14H13N3O3/c18-13(19)11-7-15-14(20)17-8-10(16-12(11)17)6-9-4-2-1-3-5-9/h1-5,7,10,16H,6,8H2,(H,18,19). The van der Waals surface area contributed by atoms with Gasteiger partial charge in [0.25, 0.3) is 0 Å². The van der Waals surface area contributed by atoms with E-state index in [0.717, 1.165) is 18.2 Å². The first-order valence-electron chi connectivity index (χ1n) is 6.29. The molecule has 0 saturated heterocycles. The summed E-state index contributed by atoms with van der Waals surface area (Å²) in [4.78, 5) is 26.4. The first-order chi connectivity index (χ1) is 9.65. The third kappa shape index (κ3) is 2.16. The summed E-state index contributed by atoms with van der Waals surface area (Å²) >= 11 is 0. The molecule has 1 aromatic carbocycles. The Morgan fingerprint density at radius 1 is 1.40 bits per heavy atom. The van der Waals surface area contributed by atoms with E-state index in [-0.39, 0.29) is 11.6 Å². The highest BCUT2D eigenvalue weighted by atomic mass is 16.4. The molecule has 0 fully saturated rings. The number of hydrogen-bond donors (Lipinski definition) is 2. The molecule has 1 unspecified atom stereocenters. The minimum Gasteiger partial charge on any atom is -0.478 e. The van der Waals surface area contributed by atoms with Crippen molar-refractivity contribution in [3.63, 3.8) is 0 Å². The fourth-order valence-corrected chi connectivity index (χ4v) is 2.45. The van der Waals surface area contributed by atoms with Crippen molar-refractivity contribution < 1.29 is 9.90 Å². The Hall–Kier alpha value is -2.63. The van der Waals surface area contributed by atoms with E-state index in [1.54, 1.807) is 0 Å². The third-order valence-electron chi connectivity index (χ3n) is 3.36. The van der Waals surface area contributed by atoms with Crippen LogP contribution in [0.15, 0.2) is 41.3 Å². The van der Waals surface area contributed by atoms with Crippen LogP contribution in [0.4, 0.5) is 5.82 Å². The van der Waals surface area contributed by atoms with Gasteiger partial charge in [0, 0.05) is 12.6 Å². The van der Waals surface area contributed by atoms with Crippen LogP contribution < -0.4 is 11.0 Å². The van der Waals surface area contributed by atoms with E-state index in [2.05, 4.69) is 10.3 Å². The first-order valence-corrected chi connectivity index (χ1v) is 6.29. The van der Waals surface area contributed by atoms with E-state index in [4.69, 9.17) is 5.11 Å². The van der Waals surface area contributed by atoms with Crippen LogP contribution in [0.3, 0.4) is 0 Å². The van der Waals surface area contributed by atoms with Crippen molar-refractivity contribution in [2.45, 2.75) is 19.0 Å². The number of nitrogens with one attached hydrogen (secondary N) is 1. The minimum atomic E-state index is -1.09. The number of benzene rings is 1. The van der Waals surface area contributed by atoms with Crippen LogP contribution in [0.2, 0.25) is 0 Å². The summed E-state index contributed by atoms with van der Waals surface area (Å²) in [7, 11) is 0. The highest BCUT2D eigenvalue weighted by molar-refractivity contribution is 5.93. The largest absolute Gasteiger partial charge is 0.478 e. The van der Waals surface area contributed by atoms with Crippen molar-refractivity contribution in [3.05, 3.63) is 58.1 Å². The number of rotatable bonds is 3. The number of aromatic carboxylic acids is 1. The van der Waals surface area contributed by atoms with E-state index < -0.39 is 11.7 Å². The van der Waals surface area contributed by atoms with Gasteiger partial charge in [0.1, 0.15) is 11.4 Å². The lowest BCUT2D eigenvalue weighted by atomic mass is 10.1. The Bertz CT molecular complexity index is 709. The second-order valence-corrected chi connectivity index (χ2v) is 4.75. The van der Waals surface area contributed by atoms with E-state index in [9.17, 15) is 9.59 Å². The fraction of sp³-hybridized carbons (Fsp3) is 0.214. The van der Waals surface area contributed by atoms with E-state index in [0.29, 0.717) is 12.4 Å². The summed E-state index contributed by atoms with van der Waals surface area (Å²) in [5, 5.41) is 12.2. The fourth-order valence-electron chi connectivity index (χ4n) is 2.45. The molecule has 3 rings (SSSR count). The topological polar surface area (TPSA) is 84.2 Å². The maximum atomic E-state index is 11.7.